The van der Waals surface area contributed by atoms with Crippen molar-refractivity contribution in [2.24, 2.45) is 5.73 Å². The molecule has 1 unspecified atom stereocenters. The van der Waals surface area contributed by atoms with Crippen molar-refractivity contribution in [2.75, 3.05) is 6.61 Å². The van der Waals surface area contributed by atoms with Gasteiger partial charge >= 0.3 is 0 Å². The molecule has 1 atom stereocenters. The van der Waals surface area contributed by atoms with E-state index in [2.05, 4.69) is 19.9 Å². The van der Waals surface area contributed by atoms with Gasteiger partial charge in [-0.2, -0.15) is 0 Å². The summed E-state index contributed by atoms with van der Waals surface area (Å²) in [4.78, 5) is 0. The average molecular weight is 207 g/mol. The van der Waals surface area contributed by atoms with Crippen LogP contribution in [0.15, 0.2) is 24.3 Å². The molecule has 0 aliphatic rings. The van der Waals surface area contributed by atoms with Gasteiger partial charge in [0, 0.05) is 11.6 Å². The summed E-state index contributed by atoms with van der Waals surface area (Å²) in [7, 11) is 0. The van der Waals surface area contributed by atoms with Crippen LogP contribution >= 0.6 is 0 Å². The Morgan fingerprint density at radius 2 is 2.00 bits per heavy atom. The minimum absolute atomic E-state index is 0.0860. The molecule has 84 valence electrons. The van der Waals surface area contributed by atoms with Crippen LogP contribution in [0.4, 0.5) is 0 Å². The average Bonchev–Trinajstić information content (AvgIpc) is 2.29. The van der Waals surface area contributed by atoms with Crippen molar-refractivity contribution in [3.8, 4) is 5.75 Å². The Balaban J connectivity index is 2.68. The number of rotatable bonds is 6. The molecule has 2 N–H and O–H groups in total. The molecule has 0 aromatic heterocycles. The summed E-state index contributed by atoms with van der Waals surface area (Å²) in [6.45, 7) is 5.03. The van der Waals surface area contributed by atoms with E-state index in [1.165, 1.54) is 0 Å². The highest BCUT2D eigenvalue weighted by atomic mass is 16.5. The van der Waals surface area contributed by atoms with Crippen molar-refractivity contribution in [2.45, 2.75) is 39.2 Å². The number of hydrogen-bond acceptors (Lipinski definition) is 2. The van der Waals surface area contributed by atoms with Crippen LogP contribution in [0.1, 0.15) is 44.7 Å². The van der Waals surface area contributed by atoms with E-state index in [-0.39, 0.29) is 6.04 Å². The molecular formula is C13H21NO. The molecule has 0 amide bonds. The smallest absolute Gasteiger partial charge is 0.124 e. The van der Waals surface area contributed by atoms with Gasteiger partial charge < -0.3 is 10.5 Å². The lowest BCUT2D eigenvalue weighted by atomic mass is 10.0. The van der Waals surface area contributed by atoms with Gasteiger partial charge in [-0.25, -0.2) is 0 Å². The lowest BCUT2D eigenvalue weighted by Crippen LogP contribution is -2.11. The molecule has 2 heteroatoms. The van der Waals surface area contributed by atoms with Crippen molar-refractivity contribution < 1.29 is 4.74 Å². The van der Waals surface area contributed by atoms with Crippen LogP contribution in [0.3, 0.4) is 0 Å². The van der Waals surface area contributed by atoms with E-state index in [0.717, 1.165) is 37.2 Å². The molecule has 0 saturated carbocycles. The topological polar surface area (TPSA) is 35.2 Å². The molecule has 0 aliphatic carbocycles. The zero-order chi connectivity index (χ0) is 11.1. The first-order chi connectivity index (χ1) is 7.29. The second-order valence-electron chi connectivity index (χ2n) is 3.75. The molecule has 0 bridgehead atoms. The second-order valence-corrected chi connectivity index (χ2v) is 3.75. The Kier molecular flexibility index (Phi) is 5.19. The fourth-order valence-electron chi connectivity index (χ4n) is 1.46. The Bertz CT molecular complexity index is 286. The largest absolute Gasteiger partial charge is 0.493 e. The summed E-state index contributed by atoms with van der Waals surface area (Å²) >= 11 is 0. The molecule has 1 rings (SSSR count). The van der Waals surface area contributed by atoms with Gasteiger partial charge in [-0.05, 0) is 18.9 Å². The van der Waals surface area contributed by atoms with Crippen LogP contribution in [-0.4, -0.2) is 6.61 Å². The molecule has 0 saturated heterocycles. The normalized spacial score (nSPS) is 12.5. The Labute approximate surface area is 92.4 Å². The van der Waals surface area contributed by atoms with Crippen molar-refractivity contribution >= 4 is 0 Å². The summed E-state index contributed by atoms with van der Waals surface area (Å²) in [5.41, 5.74) is 7.14. The monoisotopic (exact) mass is 207 g/mol. The van der Waals surface area contributed by atoms with Crippen LogP contribution in [0, 0.1) is 0 Å². The first-order valence-electron chi connectivity index (χ1n) is 5.76. The lowest BCUT2D eigenvalue weighted by Gasteiger charge is -2.15. The maximum atomic E-state index is 6.02. The fourth-order valence-corrected chi connectivity index (χ4v) is 1.46. The zero-order valence-electron chi connectivity index (χ0n) is 9.70. The molecule has 1 aromatic rings. The number of nitrogens with two attached hydrogens (primary N) is 1. The van der Waals surface area contributed by atoms with Crippen LogP contribution in [0.25, 0.3) is 0 Å². The van der Waals surface area contributed by atoms with Gasteiger partial charge in [0.1, 0.15) is 5.75 Å². The number of benzene rings is 1. The predicted octanol–water partition coefficient (Wildman–Crippen LogP) is 3.28. The van der Waals surface area contributed by atoms with E-state index in [0.29, 0.717) is 0 Å². The molecule has 0 radical (unpaired) electrons. The standard InChI is InChI=1S/C13H21NO/c1-3-5-10-15-13-9-7-6-8-11(13)12(14)4-2/h6-9,12H,3-5,10,14H2,1-2H3. The predicted molar refractivity (Wildman–Crippen MR) is 64.1 cm³/mol. The zero-order valence-corrected chi connectivity index (χ0v) is 9.70. The fraction of sp³-hybridized carbons (Fsp3) is 0.538. The van der Waals surface area contributed by atoms with E-state index in [1.807, 2.05) is 18.2 Å². The van der Waals surface area contributed by atoms with Gasteiger partial charge in [-0.15, -0.1) is 0 Å². The van der Waals surface area contributed by atoms with Crippen molar-refractivity contribution in [3.05, 3.63) is 29.8 Å². The van der Waals surface area contributed by atoms with Crippen molar-refractivity contribution in [1.29, 1.82) is 0 Å². The minimum Gasteiger partial charge on any atom is -0.493 e. The molecule has 2 nitrogen and oxygen atoms in total. The third-order valence-corrected chi connectivity index (χ3v) is 2.51. The summed E-state index contributed by atoms with van der Waals surface area (Å²) < 4.78 is 5.72. The Hall–Kier alpha value is -1.02. The van der Waals surface area contributed by atoms with Crippen LogP contribution in [-0.2, 0) is 0 Å². The molecule has 0 aliphatic heterocycles. The van der Waals surface area contributed by atoms with Crippen LogP contribution in [0.2, 0.25) is 0 Å². The molecule has 15 heavy (non-hydrogen) atoms. The molecule has 0 heterocycles. The van der Waals surface area contributed by atoms with E-state index in [1.54, 1.807) is 0 Å². The SMILES string of the molecule is CCCCOc1ccccc1C(N)CC. The van der Waals surface area contributed by atoms with Gasteiger partial charge in [0.15, 0.2) is 0 Å². The van der Waals surface area contributed by atoms with E-state index < -0.39 is 0 Å². The van der Waals surface area contributed by atoms with Gasteiger partial charge in [0.2, 0.25) is 0 Å². The van der Waals surface area contributed by atoms with Crippen LogP contribution in [0.5, 0.6) is 5.75 Å². The minimum atomic E-state index is 0.0860. The highest BCUT2D eigenvalue weighted by Gasteiger charge is 2.09. The molecule has 1 aromatic carbocycles. The van der Waals surface area contributed by atoms with E-state index >= 15 is 0 Å². The third kappa shape index (κ3) is 3.56. The number of ether oxygens (including phenoxy) is 1. The van der Waals surface area contributed by atoms with Gasteiger partial charge in [0.05, 0.1) is 6.61 Å². The number of unbranched alkanes of at least 4 members (excludes halogenated alkanes) is 1. The summed E-state index contributed by atoms with van der Waals surface area (Å²) in [5, 5.41) is 0. The van der Waals surface area contributed by atoms with E-state index in [4.69, 9.17) is 10.5 Å². The maximum Gasteiger partial charge on any atom is 0.124 e. The molecule has 0 spiro atoms. The van der Waals surface area contributed by atoms with Crippen molar-refractivity contribution in [1.82, 2.24) is 0 Å². The van der Waals surface area contributed by atoms with Crippen LogP contribution < -0.4 is 10.5 Å². The lowest BCUT2D eigenvalue weighted by molar-refractivity contribution is 0.304. The highest BCUT2D eigenvalue weighted by molar-refractivity contribution is 5.35. The van der Waals surface area contributed by atoms with Gasteiger partial charge in [-0.3, -0.25) is 0 Å². The quantitative estimate of drug-likeness (QED) is 0.726. The summed E-state index contributed by atoms with van der Waals surface area (Å²) in [6, 6.07) is 8.14. The number of para-hydroxylation sites is 1. The second kappa shape index (κ2) is 6.46. The Morgan fingerprint density at radius 1 is 1.27 bits per heavy atom. The van der Waals surface area contributed by atoms with Gasteiger partial charge in [0.25, 0.3) is 0 Å². The van der Waals surface area contributed by atoms with Gasteiger partial charge in [-0.1, -0.05) is 38.5 Å². The highest BCUT2D eigenvalue weighted by Crippen LogP contribution is 2.25. The molecular weight excluding hydrogens is 186 g/mol. The summed E-state index contributed by atoms with van der Waals surface area (Å²) in [6.07, 6.45) is 3.19. The summed E-state index contributed by atoms with van der Waals surface area (Å²) in [5.74, 6) is 0.945. The first kappa shape index (κ1) is 12.1. The first-order valence-corrected chi connectivity index (χ1v) is 5.76. The Morgan fingerprint density at radius 3 is 2.67 bits per heavy atom. The third-order valence-electron chi connectivity index (χ3n) is 2.51. The number of hydrogen-bond donors (Lipinski definition) is 1. The molecule has 0 fully saturated rings. The van der Waals surface area contributed by atoms with Crippen molar-refractivity contribution in [3.63, 3.8) is 0 Å². The van der Waals surface area contributed by atoms with E-state index in [9.17, 15) is 0 Å². The maximum absolute atomic E-state index is 6.02.